The van der Waals surface area contributed by atoms with Gasteiger partial charge in [-0.05, 0) is 37.4 Å². The average molecular weight is 331 g/mol. The SMILES string of the molecule is CC(C)S(=O)(=O)NCc1ccc(C(O)c2cccs2)s1. The van der Waals surface area contributed by atoms with Crippen LogP contribution in [0.1, 0.15) is 34.6 Å². The largest absolute Gasteiger partial charge is 0.382 e. The first-order valence-corrected chi connectivity index (χ1v) is 9.43. The molecule has 0 aliphatic carbocycles. The summed E-state index contributed by atoms with van der Waals surface area (Å²) in [6.07, 6.45) is -0.629. The molecule has 2 rings (SSSR count). The van der Waals surface area contributed by atoms with Gasteiger partial charge in [0.1, 0.15) is 6.10 Å². The highest BCUT2D eigenvalue weighted by molar-refractivity contribution is 7.90. The van der Waals surface area contributed by atoms with Crippen LogP contribution in [0.15, 0.2) is 29.6 Å². The fourth-order valence-electron chi connectivity index (χ4n) is 1.56. The molecule has 0 radical (unpaired) electrons. The summed E-state index contributed by atoms with van der Waals surface area (Å²) in [6.45, 7) is 3.55. The predicted octanol–water partition coefficient (Wildman–Crippen LogP) is 2.72. The summed E-state index contributed by atoms with van der Waals surface area (Å²) >= 11 is 2.92. The molecule has 1 unspecified atom stereocenters. The van der Waals surface area contributed by atoms with Gasteiger partial charge in [0.15, 0.2) is 0 Å². The first kappa shape index (κ1) is 15.7. The van der Waals surface area contributed by atoms with Gasteiger partial charge in [0.25, 0.3) is 0 Å². The summed E-state index contributed by atoms with van der Waals surface area (Å²) in [5, 5.41) is 11.7. The predicted molar refractivity (Wildman–Crippen MR) is 83.6 cm³/mol. The highest BCUT2D eigenvalue weighted by Gasteiger charge is 2.17. The van der Waals surface area contributed by atoms with Crippen molar-refractivity contribution in [2.45, 2.75) is 31.7 Å². The van der Waals surface area contributed by atoms with Crippen LogP contribution < -0.4 is 4.72 Å². The Morgan fingerprint density at radius 1 is 1.25 bits per heavy atom. The Kier molecular flexibility index (Phi) is 4.98. The van der Waals surface area contributed by atoms with E-state index in [-0.39, 0.29) is 6.54 Å². The van der Waals surface area contributed by atoms with Gasteiger partial charge in [0.05, 0.1) is 5.25 Å². The molecular formula is C13H17NO3S3. The van der Waals surface area contributed by atoms with Crippen LogP contribution in [0.25, 0.3) is 0 Å². The van der Waals surface area contributed by atoms with Crippen LogP contribution in [-0.4, -0.2) is 18.8 Å². The number of rotatable bonds is 6. The number of nitrogens with one attached hydrogen (secondary N) is 1. The highest BCUT2D eigenvalue weighted by Crippen LogP contribution is 2.30. The molecular weight excluding hydrogens is 314 g/mol. The van der Waals surface area contributed by atoms with Gasteiger partial charge in [-0.2, -0.15) is 0 Å². The lowest BCUT2D eigenvalue weighted by Crippen LogP contribution is -2.29. The smallest absolute Gasteiger partial charge is 0.214 e. The third kappa shape index (κ3) is 3.67. The van der Waals surface area contributed by atoms with Crippen molar-refractivity contribution < 1.29 is 13.5 Å². The van der Waals surface area contributed by atoms with Crippen LogP contribution >= 0.6 is 22.7 Å². The molecule has 2 heterocycles. The second-order valence-corrected chi connectivity index (χ2v) is 9.14. The Hall–Kier alpha value is -0.730. The molecule has 0 aliphatic rings. The van der Waals surface area contributed by atoms with Crippen LogP contribution in [0, 0.1) is 0 Å². The maximum Gasteiger partial charge on any atom is 0.214 e. The number of sulfonamides is 1. The number of thiophene rings is 2. The zero-order valence-corrected chi connectivity index (χ0v) is 13.7. The normalized spacial score (nSPS) is 13.8. The van der Waals surface area contributed by atoms with Gasteiger partial charge >= 0.3 is 0 Å². The molecule has 0 saturated heterocycles. The van der Waals surface area contributed by atoms with E-state index in [0.717, 1.165) is 14.6 Å². The van der Waals surface area contributed by atoms with Crippen molar-refractivity contribution in [2.24, 2.45) is 0 Å². The van der Waals surface area contributed by atoms with Crippen molar-refractivity contribution in [1.29, 1.82) is 0 Å². The minimum Gasteiger partial charge on any atom is -0.382 e. The van der Waals surface area contributed by atoms with Crippen LogP contribution in [0.2, 0.25) is 0 Å². The van der Waals surface area contributed by atoms with Crippen molar-refractivity contribution in [3.05, 3.63) is 44.3 Å². The molecule has 20 heavy (non-hydrogen) atoms. The second kappa shape index (κ2) is 6.36. The lowest BCUT2D eigenvalue weighted by Gasteiger charge is -2.08. The molecule has 0 aliphatic heterocycles. The molecule has 1 atom stereocenters. The molecule has 0 saturated carbocycles. The Bertz CT molecular complexity index is 644. The lowest BCUT2D eigenvalue weighted by molar-refractivity contribution is 0.228. The van der Waals surface area contributed by atoms with Gasteiger partial charge in [0, 0.05) is 21.2 Å². The number of aliphatic hydroxyl groups excluding tert-OH is 1. The fraction of sp³-hybridized carbons (Fsp3) is 0.385. The molecule has 2 aromatic rings. The molecule has 2 aromatic heterocycles. The van der Waals surface area contributed by atoms with Gasteiger partial charge in [-0.15, -0.1) is 22.7 Å². The molecule has 110 valence electrons. The van der Waals surface area contributed by atoms with Crippen molar-refractivity contribution in [2.75, 3.05) is 0 Å². The van der Waals surface area contributed by atoms with Gasteiger partial charge in [0.2, 0.25) is 10.0 Å². The summed E-state index contributed by atoms with van der Waals surface area (Å²) < 4.78 is 25.9. The van der Waals surface area contributed by atoms with Gasteiger partial charge in [-0.25, -0.2) is 13.1 Å². The Morgan fingerprint density at radius 3 is 2.60 bits per heavy atom. The summed E-state index contributed by atoms with van der Waals surface area (Å²) in [4.78, 5) is 2.60. The first-order valence-electron chi connectivity index (χ1n) is 6.18. The van der Waals surface area contributed by atoms with Crippen LogP contribution in [0.3, 0.4) is 0 Å². The third-order valence-electron chi connectivity index (χ3n) is 2.83. The third-order valence-corrected chi connectivity index (χ3v) is 6.68. The van der Waals surface area contributed by atoms with E-state index < -0.39 is 21.4 Å². The molecule has 2 N–H and O–H groups in total. The van der Waals surface area contributed by atoms with Crippen LogP contribution in [0.5, 0.6) is 0 Å². The van der Waals surface area contributed by atoms with Crippen LogP contribution in [-0.2, 0) is 16.6 Å². The van der Waals surface area contributed by atoms with Crippen LogP contribution in [0.4, 0.5) is 0 Å². The van der Waals surface area contributed by atoms with Crippen molar-refractivity contribution in [3.63, 3.8) is 0 Å². The molecule has 0 aromatic carbocycles. The molecule has 4 nitrogen and oxygen atoms in total. The van der Waals surface area contributed by atoms with E-state index in [1.807, 2.05) is 29.6 Å². The topological polar surface area (TPSA) is 66.4 Å². The molecule has 7 heteroatoms. The lowest BCUT2D eigenvalue weighted by atomic mass is 10.2. The number of aliphatic hydroxyl groups is 1. The van der Waals surface area contributed by atoms with E-state index >= 15 is 0 Å². The Labute approximate surface area is 127 Å². The van der Waals surface area contributed by atoms with E-state index in [9.17, 15) is 13.5 Å². The van der Waals surface area contributed by atoms with E-state index in [2.05, 4.69) is 4.72 Å². The zero-order valence-electron chi connectivity index (χ0n) is 11.2. The summed E-state index contributed by atoms with van der Waals surface area (Å²) in [5.74, 6) is 0. The van der Waals surface area contributed by atoms with Crippen molar-refractivity contribution in [3.8, 4) is 0 Å². The second-order valence-electron chi connectivity index (χ2n) is 4.64. The maximum atomic E-state index is 11.7. The van der Waals surface area contributed by atoms with E-state index in [1.54, 1.807) is 13.8 Å². The zero-order chi connectivity index (χ0) is 14.8. The summed E-state index contributed by atoms with van der Waals surface area (Å²) in [7, 11) is -3.25. The van der Waals surface area contributed by atoms with Crippen molar-refractivity contribution >= 4 is 32.7 Å². The van der Waals surface area contributed by atoms with E-state index in [4.69, 9.17) is 0 Å². The Morgan fingerprint density at radius 2 is 2.00 bits per heavy atom. The molecule has 0 bridgehead atoms. The quantitative estimate of drug-likeness (QED) is 0.855. The summed E-state index contributed by atoms with van der Waals surface area (Å²) in [5.41, 5.74) is 0. The first-order chi connectivity index (χ1) is 9.40. The molecule has 0 spiro atoms. The molecule has 0 fully saturated rings. The minimum absolute atomic E-state index is 0.266. The fourth-order valence-corrected chi connectivity index (χ4v) is 4.10. The van der Waals surface area contributed by atoms with Gasteiger partial charge in [-0.1, -0.05) is 6.07 Å². The average Bonchev–Trinajstić information content (AvgIpc) is 3.07. The van der Waals surface area contributed by atoms with E-state index in [0.29, 0.717) is 0 Å². The number of hydrogen-bond acceptors (Lipinski definition) is 5. The minimum atomic E-state index is -3.25. The van der Waals surface area contributed by atoms with Gasteiger partial charge < -0.3 is 5.11 Å². The Balaban J connectivity index is 2.03. The standard InChI is InChI=1S/C13H17NO3S3/c1-9(2)20(16,17)14-8-10-5-6-12(19-10)13(15)11-4-3-7-18-11/h3-7,9,13-15H,8H2,1-2H3. The van der Waals surface area contributed by atoms with Gasteiger partial charge in [-0.3, -0.25) is 0 Å². The monoisotopic (exact) mass is 331 g/mol. The number of hydrogen-bond donors (Lipinski definition) is 2. The maximum absolute atomic E-state index is 11.7. The molecule has 0 amide bonds. The highest BCUT2D eigenvalue weighted by atomic mass is 32.2. The summed E-state index contributed by atoms with van der Waals surface area (Å²) in [6, 6.07) is 7.47. The van der Waals surface area contributed by atoms with E-state index in [1.165, 1.54) is 22.7 Å². The van der Waals surface area contributed by atoms with Crippen molar-refractivity contribution in [1.82, 2.24) is 4.72 Å².